The van der Waals surface area contributed by atoms with Crippen LogP contribution in [0.25, 0.3) is 21.9 Å². The number of sulfonamides is 1. The third-order valence-electron chi connectivity index (χ3n) is 5.91. The lowest BCUT2D eigenvalue weighted by Gasteiger charge is -2.18. The first-order valence-electron chi connectivity index (χ1n) is 11.5. The van der Waals surface area contributed by atoms with E-state index in [0.717, 1.165) is 22.4 Å². The topological polar surface area (TPSA) is 92.7 Å². The number of halogens is 2. The van der Waals surface area contributed by atoms with Crippen molar-refractivity contribution in [1.82, 2.24) is 4.72 Å². The van der Waals surface area contributed by atoms with Crippen LogP contribution >= 0.6 is 0 Å². The predicted molar refractivity (Wildman–Crippen MR) is 137 cm³/mol. The molecule has 4 aromatic rings. The Balaban J connectivity index is 1.51. The quantitative estimate of drug-likeness (QED) is 0.290. The Morgan fingerprint density at radius 2 is 1.59 bits per heavy atom. The van der Waals surface area contributed by atoms with E-state index in [9.17, 15) is 27.1 Å². The van der Waals surface area contributed by atoms with E-state index < -0.39 is 44.5 Å². The molecule has 0 heterocycles. The van der Waals surface area contributed by atoms with Crippen molar-refractivity contribution >= 4 is 26.8 Å². The number of hydrogen-bond donors (Lipinski definition) is 2. The second-order valence-electron chi connectivity index (χ2n) is 8.94. The van der Waals surface area contributed by atoms with Crippen LogP contribution in [-0.2, 0) is 21.4 Å². The van der Waals surface area contributed by atoms with Crippen molar-refractivity contribution in [2.45, 2.75) is 31.4 Å². The summed E-state index contributed by atoms with van der Waals surface area (Å²) < 4.78 is 62.6. The molecule has 0 radical (unpaired) electrons. The van der Waals surface area contributed by atoms with Crippen molar-refractivity contribution in [1.29, 1.82) is 0 Å². The van der Waals surface area contributed by atoms with Crippen LogP contribution in [0.5, 0.6) is 5.75 Å². The van der Waals surface area contributed by atoms with E-state index in [-0.39, 0.29) is 5.56 Å². The first-order valence-corrected chi connectivity index (χ1v) is 13.0. The van der Waals surface area contributed by atoms with Gasteiger partial charge >= 0.3 is 5.97 Å². The Labute approximate surface area is 213 Å². The molecule has 192 valence electrons. The van der Waals surface area contributed by atoms with Crippen molar-refractivity contribution in [3.63, 3.8) is 0 Å². The zero-order valence-corrected chi connectivity index (χ0v) is 20.9. The number of ether oxygens (including phenoxy) is 1. The molecular weight excluding hydrogens is 500 g/mol. The van der Waals surface area contributed by atoms with Crippen molar-refractivity contribution in [2.75, 3.05) is 0 Å². The van der Waals surface area contributed by atoms with Crippen LogP contribution in [0.15, 0.2) is 83.8 Å². The van der Waals surface area contributed by atoms with Gasteiger partial charge in [-0.25, -0.2) is 17.2 Å². The first kappa shape index (κ1) is 26.2. The highest BCUT2D eigenvalue weighted by atomic mass is 32.2. The van der Waals surface area contributed by atoms with Crippen LogP contribution in [0.2, 0.25) is 0 Å². The zero-order valence-electron chi connectivity index (χ0n) is 20.1. The number of carbonyl (C=O) groups is 1. The van der Waals surface area contributed by atoms with E-state index >= 15 is 0 Å². The number of rotatable bonds is 9. The third-order valence-corrected chi connectivity index (χ3v) is 7.37. The van der Waals surface area contributed by atoms with Crippen molar-refractivity contribution in [2.24, 2.45) is 5.92 Å². The Kier molecular flexibility index (Phi) is 7.56. The minimum atomic E-state index is -4.62. The zero-order chi connectivity index (χ0) is 26.7. The number of carboxylic acid groups (broad SMARTS) is 1. The van der Waals surface area contributed by atoms with Crippen molar-refractivity contribution in [3.8, 4) is 16.9 Å². The number of nitrogens with one attached hydrogen (secondary N) is 1. The van der Waals surface area contributed by atoms with E-state index in [1.807, 2.05) is 47.2 Å². The Hall–Kier alpha value is -3.82. The molecule has 0 fully saturated rings. The van der Waals surface area contributed by atoms with E-state index in [0.29, 0.717) is 24.0 Å². The molecule has 0 aliphatic heterocycles. The Morgan fingerprint density at radius 3 is 2.24 bits per heavy atom. The minimum Gasteiger partial charge on any atom is -0.489 e. The van der Waals surface area contributed by atoms with E-state index in [1.165, 1.54) is 13.8 Å². The summed E-state index contributed by atoms with van der Waals surface area (Å²) in [6.07, 6.45) is 0. The largest absolute Gasteiger partial charge is 0.489 e. The molecule has 1 atom stereocenters. The highest BCUT2D eigenvalue weighted by Crippen LogP contribution is 2.29. The lowest BCUT2D eigenvalue weighted by Crippen LogP contribution is -2.44. The molecule has 6 nitrogen and oxygen atoms in total. The maximum Gasteiger partial charge on any atom is 0.322 e. The van der Waals surface area contributed by atoms with Crippen LogP contribution < -0.4 is 9.46 Å². The van der Waals surface area contributed by atoms with Gasteiger partial charge in [0.25, 0.3) is 0 Å². The van der Waals surface area contributed by atoms with Gasteiger partial charge in [-0.2, -0.15) is 4.72 Å². The van der Waals surface area contributed by atoms with Gasteiger partial charge in [-0.15, -0.1) is 0 Å². The first-order chi connectivity index (χ1) is 17.5. The molecule has 0 saturated heterocycles. The average molecular weight is 526 g/mol. The fourth-order valence-electron chi connectivity index (χ4n) is 3.88. The lowest BCUT2D eigenvalue weighted by atomic mass is 10.0. The number of fused-ring (bicyclic) bond motifs is 1. The molecule has 4 rings (SSSR count). The van der Waals surface area contributed by atoms with Crippen LogP contribution in [-0.4, -0.2) is 25.5 Å². The standard InChI is InChI=1S/C28H25F2NO5S/c1-17(2)27(28(32)33)31-37(34,35)26-15-24(29)23(14-25(26)30)20-9-11-22(12-10-20)36-16-18-7-8-19-5-3-4-6-21(19)13-18/h3-15,17,27,31H,16H2,1-2H3,(H,32,33). The van der Waals surface area contributed by atoms with Gasteiger partial charge in [-0.1, -0.05) is 62.4 Å². The number of aliphatic carboxylic acids is 1. The van der Waals surface area contributed by atoms with Gasteiger partial charge < -0.3 is 9.84 Å². The summed E-state index contributed by atoms with van der Waals surface area (Å²) in [6.45, 7) is 3.31. The predicted octanol–water partition coefficient (Wildman–Crippen LogP) is 5.75. The van der Waals surface area contributed by atoms with Gasteiger partial charge in [0.15, 0.2) is 0 Å². The summed E-state index contributed by atoms with van der Waals surface area (Å²) in [5.74, 6) is -3.67. The molecule has 0 aromatic heterocycles. The molecule has 1 unspecified atom stereocenters. The van der Waals surface area contributed by atoms with Crippen LogP contribution in [0, 0.1) is 17.6 Å². The van der Waals surface area contributed by atoms with Crippen molar-refractivity contribution < 1.29 is 31.8 Å². The molecule has 0 spiro atoms. The summed E-state index contributed by atoms with van der Waals surface area (Å²) in [5, 5.41) is 11.5. The molecule has 0 aliphatic carbocycles. The van der Waals surface area contributed by atoms with Gasteiger partial charge in [0.2, 0.25) is 10.0 Å². The van der Waals surface area contributed by atoms with Crippen LogP contribution in [0.4, 0.5) is 8.78 Å². The van der Waals surface area contributed by atoms with Gasteiger partial charge in [0.05, 0.1) is 0 Å². The highest BCUT2D eigenvalue weighted by Gasteiger charge is 2.30. The molecular formula is C28H25F2NO5S. The Bertz CT molecular complexity index is 1550. The summed E-state index contributed by atoms with van der Waals surface area (Å²) in [5.41, 5.74) is 1.15. The van der Waals surface area contributed by atoms with Crippen LogP contribution in [0.1, 0.15) is 19.4 Å². The third kappa shape index (κ3) is 5.95. The Morgan fingerprint density at radius 1 is 0.919 bits per heavy atom. The maximum absolute atomic E-state index is 14.9. The molecule has 2 N–H and O–H groups in total. The van der Waals surface area contributed by atoms with E-state index in [4.69, 9.17) is 4.74 Å². The number of hydrogen-bond acceptors (Lipinski definition) is 4. The second kappa shape index (κ2) is 10.7. The monoisotopic (exact) mass is 525 g/mol. The molecule has 9 heteroatoms. The second-order valence-corrected chi connectivity index (χ2v) is 10.6. The highest BCUT2D eigenvalue weighted by molar-refractivity contribution is 7.89. The normalized spacial score (nSPS) is 12.6. The molecule has 0 saturated carbocycles. The summed E-state index contributed by atoms with van der Waals surface area (Å²) >= 11 is 0. The summed E-state index contributed by atoms with van der Waals surface area (Å²) in [4.78, 5) is 10.4. The van der Waals surface area contributed by atoms with Gasteiger partial charge in [0.1, 0.15) is 34.9 Å². The number of benzene rings is 4. The molecule has 0 amide bonds. The maximum atomic E-state index is 14.9. The SMILES string of the molecule is CC(C)C(NS(=O)(=O)c1cc(F)c(-c2ccc(OCc3ccc4ccccc4c3)cc2)cc1F)C(=O)O. The van der Waals surface area contributed by atoms with Crippen molar-refractivity contribution in [3.05, 3.63) is 96.1 Å². The molecule has 4 aromatic carbocycles. The lowest BCUT2D eigenvalue weighted by molar-refractivity contribution is -0.140. The number of carboxylic acids is 1. The van der Waals surface area contributed by atoms with E-state index in [1.54, 1.807) is 24.3 Å². The molecule has 0 bridgehead atoms. The summed E-state index contributed by atoms with van der Waals surface area (Å²) in [7, 11) is -4.62. The van der Waals surface area contributed by atoms with Gasteiger partial charge in [-0.3, -0.25) is 4.79 Å². The van der Waals surface area contributed by atoms with Gasteiger partial charge in [-0.05, 0) is 58.1 Å². The molecule has 0 aliphatic rings. The smallest absolute Gasteiger partial charge is 0.322 e. The fraction of sp³-hybridized carbons (Fsp3) is 0.179. The fourth-order valence-corrected chi connectivity index (χ4v) is 5.29. The van der Waals surface area contributed by atoms with Gasteiger partial charge in [0, 0.05) is 5.56 Å². The minimum absolute atomic E-state index is 0.142. The van der Waals surface area contributed by atoms with E-state index in [2.05, 4.69) is 0 Å². The molecule has 37 heavy (non-hydrogen) atoms. The van der Waals surface area contributed by atoms with Crippen LogP contribution in [0.3, 0.4) is 0 Å². The summed E-state index contributed by atoms with van der Waals surface area (Å²) in [6, 6.07) is 20.1. The average Bonchev–Trinajstić information content (AvgIpc) is 2.87.